The molecule has 4 aromatic rings. The first kappa shape index (κ1) is 24.5. The number of furan rings is 1. The molecule has 3 aromatic carbocycles. The summed E-state index contributed by atoms with van der Waals surface area (Å²) in [6.07, 6.45) is 2.13. The number of hydrazone groups is 1. The van der Waals surface area contributed by atoms with Crippen molar-refractivity contribution in [2.45, 2.75) is 33.1 Å². The Morgan fingerprint density at radius 1 is 0.946 bits per heavy atom. The van der Waals surface area contributed by atoms with Gasteiger partial charge >= 0.3 is 5.97 Å². The summed E-state index contributed by atoms with van der Waals surface area (Å²) in [6.45, 7) is 3.64. The Morgan fingerprint density at radius 2 is 1.68 bits per heavy atom. The number of esters is 1. The van der Waals surface area contributed by atoms with E-state index in [9.17, 15) is 9.59 Å². The van der Waals surface area contributed by atoms with Crippen LogP contribution in [0.25, 0.3) is 11.1 Å². The molecule has 0 spiro atoms. The molecule has 0 saturated carbocycles. The number of amides is 1. The second-order valence-corrected chi connectivity index (χ2v) is 9.36. The maximum absolute atomic E-state index is 12.9. The molecular weight excluding hydrogens is 488 g/mol. The first-order chi connectivity index (χ1) is 17.9. The largest absolute Gasteiger partial charge is 0.453 e. The topological polar surface area (TPSA) is 80.9 Å². The van der Waals surface area contributed by atoms with E-state index in [1.807, 2.05) is 49.4 Å². The molecule has 1 aliphatic rings. The molecule has 0 saturated heterocycles. The molecule has 1 aliphatic carbocycles. The number of halogens is 1. The van der Waals surface area contributed by atoms with E-state index in [2.05, 4.69) is 10.5 Å². The maximum atomic E-state index is 12.9. The van der Waals surface area contributed by atoms with Crippen molar-refractivity contribution in [3.8, 4) is 16.9 Å². The second kappa shape index (κ2) is 10.4. The predicted octanol–water partition coefficient (Wildman–Crippen LogP) is 6.91. The fraction of sp³-hybridized carbons (Fsp3) is 0.167. The van der Waals surface area contributed by atoms with Gasteiger partial charge in [-0.15, -0.1) is 0 Å². The monoisotopic (exact) mass is 512 g/mol. The standard InChI is InChI=1S/C30H25ClN2O4/c1-18-17-23(15-16-24(18)31)36-30(35)28-19(2)27-25(9-6-10-26(27)37-28)32-33-29(34)22-13-11-21(12-14-22)20-7-4-3-5-8-20/h3-5,7-8,11-17H,6,9-10H2,1-2H3,(H,33,34)/b32-25+. The van der Waals surface area contributed by atoms with Crippen LogP contribution >= 0.6 is 11.6 Å². The van der Waals surface area contributed by atoms with Crippen molar-refractivity contribution >= 4 is 29.2 Å². The normalized spacial score (nSPS) is 13.8. The quantitative estimate of drug-likeness (QED) is 0.179. The Balaban J connectivity index is 1.32. The number of hydrogen-bond donors (Lipinski definition) is 1. The van der Waals surface area contributed by atoms with Gasteiger partial charge in [0, 0.05) is 28.1 Å². The van der Waals surface area contributed by atoms with E-state index in [1.54, 1.807) is 37.3 Å². The molecule has 37 heavy (non-hydrogen) atoms. The summed E-state index contributed by atoms with van der Waals surface area (Å²) in [5.74, 6) is 0.298. The Hall–Kier alpha value is -4.16. The minimum atomic E-state index is -0.587. The highest BCUT2D eigenvalue weighted by molar-refractivity contribution is 6.31. The summed E-state index contributed by atoms with van der Waals surface area (Å²) in [4.78, 5) is 25.7. The molecule has 5 rings (SSSR count). The number of hydrogen-bond acceptors (Lipinski definition) is 5. The summed E-state index contributed by atoms with van der Waals surface area (Å²) in [5, 5.41) is 5.01. The van der Waals surface area contributed by atoms with Gasteiger partial charge in [0.1, 0.15) is 11.5 Å². The van der Waals surface area contributed by atoms with Crippen molar-refractivity contribution in [3.63, 3.8) is 0 Å². The fourth-order valence-corrected chi connectivity index (χ4v) is 4.55. The van der Waals surface area contributed by atoms with E-state index >= 15 is 0 Å². The molecule has 0 fully saturated rings. The van der Waals surface area contributed by atoms with Crippen LogP contribution in [-0.4, -0.2) is 17.6 Å². The van der Waals surface area contributed by atoms with Crippen molar-refractivity contribution in [1.82, 2.24) is 5.43 Å². The molecule has 1 aromatic heterocycles. The van der Waals surface area contributed by atoms with E-state index < -0.39 is 5.97 Å². The average Bonchev–Trinajstić information content (AvgIpc) is 3.27. The van der Waals surface area contributed by atoms with Crippen molar-refractivity contribution in [2.75, 3.05) is 0 Å². The van der Waals surface area contributed by atoms with E-state index in [0.717, 1.165) is 28.7 Å². The molecule has 6 nitrogen and oxygen atoms in total. The van der Waals surface area contributed by atoms with Crippen LogP contribution < -0.4 is 10.2 Å². The lowest BCUT2D eigenvalue weighted by Crippen LogP contribution is -2.22. The summed E-state index contributed by atoms with van der Waals surface area (Å²) < 4.78 is 11.4. The lowest BCUT2D eigenvalue weighted by atomic mass is 9.93. The minimum Gasteiger partial charge on any atom is -0.453 e. The summed E-state index contributed by atoms with van der Waals surface area (Å²) >= 11 is 6.07. The Morgan fingerprint density at radius 3 is 2.41 bits per heavy atom. The van der Waals surface area contributed by atoms with Gasteiger partial charge < -0.3 is 9.15 Å². The number of rotatable bonds is 5. The van der Waals surface area contributed by atoms with Gasteiger partial charge in [-0.25, -0.2) is 10.2 Å². The third-order valence-corrected chi connectivity index (χ3v) is 6.82. The molecule has 1 N–H and O–H groups in total. The molecular formula is C30H25ClN2O4. The van der Waals surface area contributed by atoms with Gasteiger partial charge in [0.15, 0.2) is 0 Å². The zero-order valence-electron chi connectivity index (χ0n) is 20.5. The lowest BCUT2D eigenvalue weighted by Gasteiger charge is -2.13. The van der Waals surface area contributed by atoms with Gasteiger partial charge in [-0.05, 0) is 73.7 Å². The van der Waals surface area contributed by atoms with Crippen LogP contribution in [0.3, 0.4) is 0 Å². The van der Waals surface area contributed by atoms with E-state index in [1.165, 1.54) is 0 Å². The van der Waals surface area contributed by atoms with Gasteiger partial charge in [-0.1, -0.05) is 54.1 Å². The molecule has 1 heterocycles. The predicted molar refractivity (Wildman–Crippen MR) is 143 cm³/mol. The fourth-order valence-electron chi connectivity index (χ4n) is 4.44. The van der Waals surface area contributed by atoms with Crippen molar-refractivity contribution in [3.05, 3.63) is 112 Å². The number of carbonyl (C=O) groups excluding carboxylic acids is 2. The van der Waals surface area contributed by atoms with Gasteiger partial charge in [0.05, 0.1) is 5.71 Å². The Labute approximate surface area is 219 Å². The first-order valence-corrected chi connectivity index (χ1v) is 12.4. The van der Waals surface area contributed by atoms with Gasteiger partial charge in [0.25, 0.3) is 5.91 Å². The highest BCUT2D eigenvalue weighted by Gasteiger charge is 2.29. The second-order valence-electron chi connectivity index (χ2n) is 8.95. The van der Waals surface area contributed by atoms with Crippen LogP contribution in [-0.2, 0) is 6.42 Å². The number of benzene rings is 3. The SMILES string of the molecule is Cc1cc(OC(=O)c2oc3c(c2C)/C(=N/NC(=O)c2ccc(-c4ccccc4)cc2)CCC3)ccc1Cl. The van der Waals surface area contributed by atoms with Crippen LogP contribution in [0.5, 0.6) is 5.75 Å². The summed E-state index contributed by atoms with van der Waals surface area (Å²) in [5.41, 5.74) is 8.17. The number of nitrogens with zero attached hydrogens (tertiary/aromatic N) is 1. The molecule has 0 radical (unpaired) electrons. The highest BCUT2D eigenvalue weighted by atomic mass is 35.5. The number of carbonyl (C=O) groups is 2. The molecule has 0 atom stereocenters. The van der Waals surface area contributed by atoms with Gasteiger partial charge in [-0.2, -0.15) is 5.10 Å². The molecule has 0 aliphatic heterocycles. The number of fused-ring (bicyclic) bond motifs is 1. The Kier molecular flexibility index (Phi) is 6.93. The van der Waals surface area contributed by atoms with Gasteiger partial charge in [0.2, 0.25) is 5.76 Å². The number of nitrogens with one attached hydrogen (secondary N) is 1. The van der Waals surface area contributed by atoms with Crippen molar-refractivity contribution in [1.29, 1.82) is 0 Å². The van der Waals surface area contributed by atoms with Crippen LogP contribution in [0.4, 0.5) is 0 Å². The molecule has 1 amide bonds. The minimum absolute atomic E-state index is 0.134. The van der Waals surface area contributed by atoms with E-state index in [4.69, 9.17) is 20.8 Å². The van der Waals surface area contributed by atoms with Crippen LogP contribution in [0, 0.1) is 13.8 Å². The molecule has 7 heteroatoms. The van der Waals surface area contributed by atoms with Crippen molar-refractivity contribution < 1.29 is 18.7 Å². The third-order valence-electron chi connectivity index (χ3n) is 6.40. The highest BCUT2D eigenvalue weighted by Crippen LogP contribution is 2.31. The maximum Gasteiger partial charge on any atom is 0.379 e. The van der Waals surface area contributed by atoms with Gasteiger partial charge in [-0.3, -0.25) is 4.79 Å². The molecule has 0 unspecified atom stereocenters. The van der Waals surface area contributed by atoms with Crippen LogP contribution in [0.15, 0.2) is 82.3 Å². The Bertz CT molecular complexity index is 1500. The first-order valence-electron chi connectivity index (χ1n) is 12.0. The number of ether oxygens (including phenoxy) is 1. The van der Waals surface area contributed by atoms with E-state index in [-0.39, 0.29) is 11.7 Å². The van der Waals surface area contributed by atoms with Crippen molar-refractivity contribution in [2.24, 2.45) is 5.10 Å². The average molecular weight is 513 g/mol. The van der Waals surface area contributed by atoms with E-state index in [0.29, 0.717) is 46.2 Å². The zero-order valence-corrected chi connectivity index (χ0v) is 21.3. The lowest BCUT2D eigenvalue weighted by molar-refractivity contribution is 0.0698. The zero-order chi connectivity index (χ0) is 25.9. The smallest absolute Gasteiger partial charge is 0.379 e. The summed E-state index contributed by atoms with van der Waals surface area (Å²) in [6, 6.07) is 22.4. The van der Waals surface area contributed by atoms with Crippen LogP contribution in [0.2, 0.25) is 5.02 Å². The summed E-state index contributed by atoms with van der Waals surface area (Å²) in [7, 11) is 0. The molecule has 186 valence electrons. The third kappa shape index (κ3) is 5.20. The molecule has 0 bridgehead atoms. The van der Waals surface area contributed by atoms with Crippen LogP contribution in [0.1, 0.15) is 56.2 Å². The number of aryl methyl sites for hydroxylation is 2.